The maximum Gasteiger partial charge on any atom is 0.325 e. The molecule has 0 bridgehead atoms. The molecule has 5 amide bonds. The molecule has 3 N–H and O–H groups in total. The van der Waals surface area contributed by atoms with Crippen molar-refractivity contribution in [1.82, 2.24) is 10.2 Å². The lowest BCUT2D eigenvalue weighted by atomic mass is 9.85. The Hall–Kier alpha value is -3.68. The number of imide groups is 1. The molecule has 162 valence electrons. The van der Waals surface area contributed by atoms with Crippen molar-refractivity contribution in [3.8, 4) is 0 Å². The zero-order valence-electron chi connectivity index (χ0n) is 17.6. The van der Waals surface area contributed by atoms with Crippen LogP contribution in [0.2, 0.25) is 0 Å². The number of benzene rings is 2. The van der Waals surface area contributed by atoms with Crippen LogP contribution in [0.25, 0.3) is 0 Å². The highest BCUT2D eigenvalue weighted by Gasteiger charge is 2.52. The van der Waals surface area contributed by atoms with E-state index >= 15 is 0 Å². The summed E-state index contributed by atoms with van der Waals surface area (Å²) in [5.41, 5.74) is 0.513. The lowest BCUT2D eigenvalue weighted by Crippen LogP contribution is -2.44. The van der Waals surface area contributed by atoms with E-state index in [4.69, 9.17) is 0 Å². The van der Waals surface area contributed by atoms with Gasteiger partial charge in [0.05, 0.1) is 0 Å². The average molecular weight is 422 g/mol. The molecule has 8 heteroatoms. The second-order valence-corrected chi connectivity index (χ2v) is 7.51. The molecule has 0 spiro atoms. The molecule has 31 heavy (non-hydrogen) atoms. The summed E-state index contributed by atoms with van der Waals surface area (Å²) in [6, 6.07) is 15.1. The van der Waals surface area contributed by atoms with Crippen LogP contribution >= 0.6 is 0 Å². The van der Waals surface area contributed by atoms with Crippen molar-refractivity contribution in [2.75, 3.05) is 17.2 Å². The van der Waals surface area contributed by atoms with Crippen LogP contribution in [0.15, 0.2) is 54.6 Å². The van der Waals surface area contributed by atoms with E-state index in [1.807, 2.05) is 37.3 Å². The van der Waals surface area contributed by atoms with Crippen molar-refractivity contribution < 1.29 is 19.2 Å². The summed E-state index contributed by atoms with van der Waals surface area (Å²) in [5.74, 6) is -1.17. The molecular weight excluding hydrogens is 396 g/mol. The molecular formula is C23H26N4O4. The first-order valence-electron chi connectivity index (χ1n) is 10.2. The smallest absolute Gasteiger partial charge is 0.325 e. The normalized spacial score (nSPS) is 17.9. The summed E-state index contributed by atoms with van der Waals surface area (Å²) in [5, 5.41) is 8.13. The molecule has 0 saturated carbocycles. The zero-order chi connectivity index (χ0) is 22.4. The fourth-order valence-corrected chi connectivity index (χ4v) is 3.67. The molecule has 2 aromatic carbocycles. The van der Waals surface area contributed by atoms with Gasteiger partial charge >= 0.3 is 6.03 Å². The van der Waals surface area contributed by atoms with E-state index < -0.39 is 29.9 Å². The largest absolute Gasteiger partial charge is 0.326 e. The van der Waals surface area contributed by atoms with E-state index in [0.29, 0.717) is 23.4 Å². The molecule has 8 nitrogen and oxygen atoms in total. The van der Waals surface area contributed by atoms with Gasteiger partial charge in [0.25, 0.3) is 5.91 Å². The first-order chi connectivity index (χ1) is 14.9. The van der Waals surface area contributed by atoms with E-state index in [2.05, 4.69) is 16.0 Å². The molecule has 0 unspecified atom stereocenters. The minimum absolute atomic E-state index is 0.229. The van der Waals surface area contributed by atoms with E-state index in [-0.39, 0.29) is 5.91 Å². The molecule has 1 saturated heterocycles. The molecule has 1 aliphatic rings. The standard InChI is InChI=1S/C23H26N4O4/c1-3-4-13-23(17-9-6-5-7-10-17)21(30)27(22(31)26-23)15-20(29)25-19-12-8-11-18(14-19)24-16(2)28/h5-12,14H,3-4,13,15H2,1-2H3,(H,24,28)(H,25,29)(H,26,31)/t23-/m0/s1. The molecule has 3 rings (SSSR count). The minimum Gasteiger partial charge on any atom is -0.326 e. The molecule has 0 aromatic heterocycles. The van der Waals surface area contributed by atoms with Gasteiger partial charge in [0.2, 0.25) is 11.8 Å². The van der Waals surface area contributed by atoms with E-state index in [1.165, 1.54) is 6.92 Å². The van der Waals surface area contributed by atoms with Gasteiger partial charge in [-0.15, -0.1) is 0 Å². The van der Waals surface area contributed by atoms with Gasteiger partial charge in [0, 0.05) is 18.3 Å². The molecule has 0 radical (unpaired) electrons. The first-order valence-corrected chi connectivity index (χ1v) is 10.2. The van der Waals surface area contributed by atoms with Gasteiger partial charge < -0.3 is 16.0 Å². The molecule has 1 aliphatic heterocycles. The predicted octanol–water partition coefficient (Wildman–Crippen LogP) is 3.22. The van der Waals surface area contributed by atoms with Gasteiger partial charge in [0.1, 0.15) is 12.1 Å². The van der Waals surface area contributed by atoms with Crippen LogP contribution in [0.3, 0.4) is 0 Å². The first kappa shape index (κ1) is 22.0. The second kappa shape index (κ2) is 9.42. The number of unbranched alkanes of at least 4 members (excludes halogenated alkanes) is 1. The van der Waals surface area contributed by atoms with Crippen LogP contribution < -0.4 is 16.0 Å². The van der Waals surface area contributed by atoms with Gasteiger partial charge in [-0.2, -0.15) is 0 Å². The lowest BCUT2D eigenvalue weighted by molar-refractivity contribution is -0.134. The summed E-state index contributed by atoms with van der Waals surface area (Å²) in [6.07, 6.45) is 2.06. The SMILES string of the molecule is CCCC[C@@]1(c2ccccc2)NC(=O)N(CC(=O)Nc2cccc(NC(C)=O)c2)C1=O. The van der Waals surface area contributed by atoms with E-state index in [1.54, 1.807) is 24.3 Å². The van der Waals surface area contributed by atoms with E-state index in [9.17, 15) is 19.2 Å². The number of hydrogen-bond donors (Lipinski definition) is 3. The number of urea groups is 1. The van der Waals surface area contributed by atoms with Crippen LogP contribution in [0, 0.1) is 0 Å². The quantitative estimate of drug-likeness (QED) is 0.568. The Labute approximate surface area is 181 Å². The Morgan fingerprint density at radius 3 is 2.32 bits per heavy atom. The summed E-state index contributed by atoms with van der Waals surface area (Å²) >= 11 is 0. The Morgan fingerprint density at radius 2 is 1.68 bits per heavy atom. The molecule has 1 fully saturated rings. The average Bonchev–Trinajstić information content (AvgIpc) is 2.97. The third-order valence-electron chi connectivity index (χ3n) is 5.12. The fourth-order valence-electron chi connectivity index (χ4n) is 3.67. The topological polar surface area (TPSA) is 108 Å². The summed E-state index contributed by atoms with van der Waals surface area (Å²) in [4.78, 5) is 50.7. The number of anilines is 2. The number of hydrogen-bond acceptors (Lipinski definition) is 4. The number of amides is 5. The lowest BCUT2D eigenvalue weighted by Gasteiger charge is -2.27. The van der Waals surface area contributed by atoms with Crippen LogP contribution in [0.1, 0.15) is 38.7 Å². The van der Waals surface area contributed by atoms with Crippen LogP contribution in [-0.4, -0.2) is 35.2 Å². The predicted molar refractivity (Wildman–Crippen MR) is 117 cm³/mol. The maximum atomic E-state index is 13.3. The Balaban J connectivity index is 1.76. The highest BCUT2D eigenvalue weighted by atomic mass is 16.2. The van der Waals surface area contributed by atoms with Crippen LogP contribution in [0.4, 0.5) is 16.2 Å². The van der Waals surface area contributed by atoms with Crippen molar-refractivity contribution >= 4 is 35.1 Å². The van der Waals surface area contributed by atoms with Crippen molar-refractivity contribution in [2.45, 2.75) is 38.6 Å². The summed E-state index contributed by atoms with van der Waals surface area (Å²) in [7, 11) is 0. The maximum absolute atomic E-state index is 13.3. The molecule has 1 atom stereocenters. The van der Waals surface area contributed by atoms with Gasteiger partial charge in [-0.05, 0) is 30.2 Å². The van der Waals surface area contributed by atoms with Crippen molar-refractivity contribution in [2.24, 2.45) is 0 Å². The van der Waals surface area contributed by atoms with Gasteiger partial charge in [-0.3, -0.25) is 19.3 Å². The highest BCUT2D eigenvalue weighted by Crippen LogP contribution is 2.34. The Morgan fingerprint density at radius 1 is 1.00 bits per heavy atom. The summed E-state index contributed by atoms with van der Waals surface area (Å²) in [6.45, 7) is 3.00. The highest BCUT2D eigenvalue weighted by molar-refractivity contribution is 6.10. The third kappa shape index (κ3) is 4.91. The van der Waals surface area contributed by atoms with Gasteiger partial charge in [0.15, 0.2) is 0 Å². The molecule has 0 aliphatic carbocycles. The monoisotopic (exact) mass is 422 g/mol. The van der Waals surface area contributed by atoms with Gasteiger partial charge in [-0.1, -0.05) is 56.2 Å². The number of nitrogens with one attached hydrogen (secondary N) is 3. The number of carbonyl (C=O) groups is 4. The van der Waals surface area contributed by atoms with Crippen molar-refractivity contribution in [3.05, 3.63) is 60.2 Å². The number of rotatable bonds is 8. The minimum atomic E-state index is -1.17. The zero-order valence-corrected chi connectivity index (χ0v) is 17.6. The van der Waals surface area contributed by atoms with Crippen molar-refractivity contribution in [1.29, 1.82) is 0 Å². The second-order valence-electron chi connectivity index (χ2n) is 7.51. The van der Waals surface area contributed by atoms with Crippen molar-refractivity contribution in [3.63, 3.8) is 0 Å². The van der Waals surface area contributed by atoms with Gasteiger partial charge in [-0.25, -0.2) is 4.79 Å². The number of nitrogens with zero attached hydrogens (tertiary/aromatic N) is 1. The van der Waals surface area contributed by atoms with E-state index in [0.717, 1.165) is 17.7 Å². The third-order valence-corrected chi connectivity index (χ3v) is 5.12. The van der Waals surface area contributed by atoms with Crippen LogP contribution in [0.5, 0.6) is 0 Å². The molecule has 2 aromatic rings. The number of carbonyl (C=O) groups excluding carboxylic acids is 4. The Kier molecular flexibility index (Phi) is 6.69. The molecule has 1 heterocycles. The fraction of sp³-hybridized carbons (Fsp3) is 0.304. The summed E-state index contributed by atoms with van der Waals surface area (Å²) < 4.78 is 0. The van der Waals surface area contributed by atoms with Crippen LogP contribution in [-0.2, 0) is 19.9 Å². The Bertz CT molecular complexity index is 992.